The maximum absolute atomic E-state index is 14.0. The summed E-state index contributed by atoms with van der Waals surface area (Å²) in [4.78, 5) is 43.6. The van der Waals surface area contributed by atoms with Crippen molar-refractivity contribution in [2.75, 3.05) is 27.2 Å². The lowest BCUT2D eigenvalue weighted by Gasteiger charge is -2.50. The summed E-state index contributed by atoms with van der Waals surface area (Å²) in [5.74, 6) is -6.57. The first-order chi connectivity index (χ1) is 19.9. The number of primary amides is 1. The number of likely N-dealkylation sites (tertiary alicyclic amines) is 1. The third-order valence-electron chi connectivity index (χ3n) is 9.45. The molecule has 0 spiro atoms. The number of fused-ring (bicyclic) bond motifs is 3. The summed E-state index contributed by atoms with van der Waals surface area (Å²) in [5.41, 5.74) is 5.21. The molecule has 6 N–H and O–H groups in total. The van der Waals surface area contributed by atoms with Gasteiger partial charge in [0, 0.05) is 18.0 Å². The Labute approximate surface area is 243 Å². The molecule has 1 amide bonds. The number of ketones is 2. The van der Waals surface area contributed by atoms with E-state index in [1.807, 2.05) is 12.1 Å². The van der Waals surface area contributed by atoms with Crippen molar-refractivity contribution in [3.63, 3.8) is 0 Å². The first kappa shape index (κ1) is 28.1. The van der Waals surface area contributed by atoms with Gasteiger partial charge in [-0.05, 0) is 93.2 Å². The number of phenols is 1. The normalized spacial score (nSPS) is 27.8. The molecule has 3 aliphatic carbocycles. The van der Waals surface area contributed by atoms with Crippen molar-refractivity contribution < 1.29 is 34.8 Å². The molecule has 1 saturated heterocycles. The highest BCUT2D eigenvalue weighted by molar-refractivity contribution is 6.24. The summed E-state index contributed by atoms with van der Waals surface area (Å²) in [7, 11) is 3.22. The number of Topliss-reactive ketones (excluding diaryl/α,β-unsaturated/α-hetero) is 2. The Morgan fingerprint density at radius 1 is 1.10 bits per heavy atom. The Balaban J connectivity index is 1.47. The Kier molecular flexibility index (Phi) is 6.75. The van der Waals surface area contributed by atoms with Crippen molar-refractivity contribution in [3.8, 4) is 16.9 Å². The molecule has 220 valence electrons. The van der Waals surface area contributed by atoms with E-state index in [4.69, 9.17) is 5.73 Å². The monoisotopic (exact) mass is 573 g/mol. The van der Waals surface area contributed by atoms with Crippen LogP contribution in [0.4, 0.5) is 0 Å². The Hall–Kier alpha value is -3.99. The molecule has 2 aromatic rings. The van der Waals surface area contributed by atoms with Gasteiger partial charge in [0.1, 0.15) is 22.8 Å². The summed E-state index contributed by atoms with van der Waals surface area (Å²) in [6.45, 7) is 2.94. The van der Waals surface area contributed by atoms with E-state index in [0.717, 1.165) is 36.3 Å². The van der Waals surface area contributed by atoms with Crippen LogP contribution in [-0.4, -0.2) is 86.5 Å². The number of aromatic hydroxyl groups is 1. The third kappa shape index (κ3) is 4.08. The van der Waals surface area contributed by atoms with Crippen LogP contribution in [-0.2, 0) is 22.6 Å². The third-order valence-corrected chi connectivity index (χ3v) is 9.45. The molecule has 2 aromatic carbocycles. The maximum atomic E-state index is 14.0. The molecular weight excluding hydrogens is 538 g/mol. The lowest BCUT2D eigenvalue weighted by molar-refractivity contribution is -0.148. The van der Waals surface area contributed by atoms with E-state index < -0.39 is 58.0 Å². The molecule has 4 aliphatic rings. The van der Waals surface area contributed by atoms with Gasteiger partial charge in [-0.15, -0.1) is 0 Å². The fourth-order valence-corrected chi connectivity index (χ4v) is 7.56. The van der Waals surface area contributed by atoms with Gasteiger partial charge in [0.25, 0.3) is 5.91 Å². The topological polar surface area (TPSA) is 165 Å². The van der Waals surface area contributed by atoms with Gasteiger partial charge in [0.2, 0.25) is 5.78 Å². The molecule has 0 saturated carbocycles. The zero-order valence-electron chi connectivity index (χ0n) is 23.6. The molecular formula is C32H35N3O7. The number of aliphatic hydroxyl groups excluding tert-OH is 2. The van der Waals surface area contributed by atoms with Gasteiger partial charge < -0.3 is 26.2 Å². The highest BCUT2D eigenvalue weighted by atomic mass is 16.3. The van der Waals surface area contributed by atoms with Gasteiger partial charge in [-0.3, -0.25) is 24.2 Å². The van der Waals surface area contributed by atoms with E-state index in [-0.39, 0.29) is 29.7 Å². The highest BCUT2D eigenvalue weighted by Gasteiger charge is 2.63. The summed E-state index contributed by atoms with van der Waals surface area (Å²) in [6.07, 6.45) is 2.67. The average molecular weight is 574 g/mol. The SMILES string of the molecule is CN(C)C1C(O)=C(C(N)=O)C(=O)C2(O)C(O)=C3C(=O)c4c(O)ccc(-c5cccc(CN6CCCC6)c5)c4CC3CC12. The average Bonchev–Trinajstić information content (AvgIpc) is 3.43. The van der Waals surface area contributed by atoms with Crippen LogP contribution in [0.5, 0.6) is 5.75 Å². The van der Waals surface area contributed by atoms with Gasteiger partial charge in [0.15, 0.2) is 11.4 Å². The molecule has 0 aromatic heterocycles. The quantitative estimate of drug-likeness (QED) is 0.338. The molecule has 42 heavy (non-hydrogen) atoms. The van der Waals surface area contributed by atoms with Crippen LogP contribution < -0.4 is 5.73 Å². The van der Waals surface area contributed by atoms with Crippen LogP contribution in [0.2, 0.25) is 0 Å². The molecule has 4 atom stereocenters. The molecule has 10 heteroatoms. The molecule has 1 heterocycles. The van der Waals surface area contributed by atoms with Crippen molar-refractivity contribution in [3.05, 3.63) is 75.8 Å². The van der Waals surface area contributed by atoms with Crippen LogP contribution in [0.25, 0.3) is 11.1 Å². The van der Waals surface area contributed by atoms with Gasteiger partial charge >= 0.3 is 0 Å². The largest absolute Gasteiger partial charge is 0.510 e. The van der Waals surface area contributed by atoms with Crippen molar-refractivity contribution >= 4 is 17.5 Å². The number of rotatable bonds is 5. The Morgan fingerprint density at radius 3 is 2.48 bits per heavy atom. The Morgan fingerprint density at radius 2 is 1.81 bits per heavy atom. The van der Waals surface area contributed by atoms with Crippen molar-refractivity contribution in [2.45, 2.75) is 43.9 Å². The van der Waals surface area contributed by atoms with Crippen molar-refractivity contribution in [2.24, 2.45) is 17.6 Å². The van der Waals surface area contributed by atoms with Gasteiger partial charge in [0.05, 0.1) is 11.6 Å². The van der Waals surface area contributed by atoms with Gasteiger partial charge in [-0.2, -0.15) is 0 Å². The molecule has 4 unspecified atom stereocenters. The number of hydrogen-bond donors (Lipinski definition) is 5. The molecule has 6 rings (SSSR count). The second-order valence-electron chi connectivity index (χ2n) is 12.1. The number of likely N-dealkylation sites (N-methyl/N-ethyl adjacent to an activating group) is 1. The van der Waals surface area contributed by atoms with Crippen LogP contribution in [0.15, 0.2) is 59.1 Å². The van der Waals surface area contributed by atoms with Gasteiger partial charge in [-0.1, -0.05) is 24.3 Å². The van der Waals surface area contributed by atoms with Crippen molar-refractivity contribution in [1.29, 1.82) is 0 Å². The lowest BCUT2D eigenvalue weighted by Crippen LogP contribution is -2.63. The zero-order chi connectivity index (χ0) is 30.1. The van der Waals surface area contributed by atoms with E-state index in [2.05, 4.69) is 17.0 Å². The molecule has 1 fully saturated rings. The standard InChI is InChI=1S/C32H35N3O7/c1-34(2)26-21-14-18-13-20-19(17-7-5-6-16(12-17)15-35-10-3-4-11-35)8-9-22(36)24(20)27(37)23(18)29(39)32(21,42)30(40)25(28(26)38)31(33)41/h5-9,12,18,21,26,36,38-39,42H,3-4,10-11,13-15H2,1-2H3,(H2,33,41). The fraction of sp³-hybridized carbons (Fsp3) is 0.406. The van der Waals surface area contributed by atoms with Crippen LogP contribution in [0.3, 0.4) is 0 Å². The smallest absolute Gasteiger partial charge is 0.255 e. The van der Waals surface area contributed by atoms with Gasteiger partial charge in [-0.25, -0.2) is 0 Å². The fourth-order valence-electron chi connectivity index (χ4n) is 7.56. The molecule has 0 radical (unpaired) electrons. The number of nitrogens with zero attached hydrogens (tertiary/aromatic N) is 2. The number of benzene rings is 2. The highest BCUT2D eigenvalue weighted by Crippen LogP contribution is 2.53. The number of hydrogen-bond acceptors (Lipinski definition) is 9. The van der Waals surface area contributed by atoms with Crippen LogP contribution >= 0.6 is 0 Å². The van der Waals surface area contributed by atoms with E-state index >= 15 is 0 Å². The predicted octanol–water partition coefficient (Wildman–Crippen LogP) is 2.38. The predicted molar refractivity (Wildman–Crippen MR) is 154 cm³/mol. The number of allylic oxidation sites excluding steroid dienone is 1. The number of nitrogens with two attached hydrogens (primary N) is 1. The second kappa shape index (κ2) is 10.1. The van der Waals surface area contributed by atoms with E-state index in [0.29, 0.717) is 5.56 Å². The first-order valence-corrected chi connectivity index (χ1v) is 14.3. The summed E-state index contributed by atoms with van der Waals surface area (Å²) < 4.78 is 0. The van der Waals surface area contributed by atoms with E-state index in [1.165, 1.54) is 18.9 Å². The minimum absolute atomic E-state index is 0.0122. The summed E-state index contributed by atoms with van der Waals surface area (Å²) in [5, 5.41) is 45.1. The Bertz CT molecular complexity index is 1590. The summed E-state index contributed by atoms with van der Waals surface area (Å²) in [6, 6.07) is 10.3. The van der Waals surface area contributed by atoms with Crippen LogP contribution in [0, 0.1) is 11.8 Å². The summed E-state index contributed by atoms with van der Waals surface area (Å²) >= 11 is 0. The maximum Gasteiger partial charge on any atom is 0.255 e. The second-order valence-corrected chi connectivity index (χ2v) is 12.1. The number of phenolic OH excluding ortho intramolecular Hbond substituents is 1. The van der Waals surface area contributed by atoms with Crippen LogP contribution in [0.1, 0.15) is 40.7 Å². The molecule has 1 aliphatic heterocycles. The van der Waals surface area contributed by atoms with Crippen molar-refractivity contribution in [1.82, 2.24) is 9.80 Å². The molecule has 0 bridgehead atoms. The van der Waals surface area contributed by atoms with E-state index in [1.54, 1.807) is 25.1 Å². The number of carbonyl (C=O) groups is 3. The van der Waals surface area contributed by atoms with E-state index in [9.17, 15) is 34.8 Å². The lowest BCUT2D eigenvalue weighted by atomic mass is 9.58. The number of aliphatic hydroxyl groups is 3. The number of carbonyl (C=O) groups excluding carboxylic acids is 3. The zero-order valence-corrected chi connectivity index (χ0v) is 23.6. The molecule has 10 nitrogen and oxygen atoms in total. The minimum atomic E-state index is -2.65. The first-order valence-electron chi connectivity index (χ1n) is 14.3. The minimum Gasteiger partial charge on any atom is -0.510 e. The number of amides is 1.